The summed E-state index contributed by atoms with van der Waals surface area (Å²) in [6.45, 7) is 3.75. The molecule has 2 aromatic rings. The van der Waals surface area contributed by atoms with Crippen molar-refractivity contribution in [3.05, 3.63) is 65.7 Å². The average molecular weight is 346 g/mol. The van der Waals surface area contributed by atoms with Gasteiger partial charge in [0.1, 0.15) is 0 Å². The van der Waals surface area contributed by atoms with Gasteiger partial charge in [0.15, 0.2) is 0 Å². The molecule has 2 rings (SSSR count). The van der Waals surface area contributed by atoms with Gasteiger partial charge in [0.05, 0.1) is 4.90 Å². The highest BCUT2D eigenvalue weighted by molar-refractivity contribution is 7.90. The Balaban J connectivity index is 2.03. The number of nitrogens with one attached hydrogen (secondary N) is 1. The van der Waals surface area contributed by atoms with E-state index in [2.05, 4.69) is 4.72 Å². The highest BCUT2D eigenvalue weighted by Gasteiger charge is 2.22. The third-order valence-electron chi connectivity index (χ3n) is 3.91. The molecule has 0 spiro atoms. The van der Waals surface area contributed by atoms with E-state index in [0.29, 0.717) is 6.42 Å². The maximum Gasteiger partial charge on any atom is 0.331 e. The summed E-state index contributed by atoms with van der Waals surface area (Å²) in [4.78, 5) is 13.7. The number of carbonyl (C=O) groups excluding carboxylic acids is 1. The summed E-state index contributed by atoms with van der Waals surface area (Å²) in [5, 5.41) is 0. The number of likely N-dealkylation sites (N-methyl/N-ethyl adjacent to an activating group) is 1. The van der Waals surface area contributed by atoms with Gasteiger partial charge in [-0.1, -0.05) is 48.0 Å². The zero-order chi connectivity index (χ0) is 17.7. The Morgan fingerprint density at radius 2 is 1.67 bits per heavy atom. The van der Waals surface area contributed by atoms with Crippen molar-refractivity contribution in [2.45, 2.75) is 31.2 Å². The number of benzene rings is 2. The van der Waals surface area contributed by atoms with Crippen LogP contribution in [0.25, 0.3) is 0 Å². The van der Waals surface area contributed by atoms with Crippen LogP contribution in [0, 0.1) is 6.92 Å². The second kappa shape index (κ2) is 7.49. The molecule has 0 aliphatic rings. The van der Waals surface area contributed by atoms with E-state index in [-0.39, 0.29) is 10.9 Å². The number of urea groups is 1. The lowest BCUT2D eigenvalue weighted by atomic mass is 10.1. The van der Waals surface area contributed by atoms with Crippen LogP contribution in [-0.2, 0) is 16.4 Å². The smallest absolute Gasteiger partial charge is 0.324 e. The lowest BCUT2D eigenvalue weighted by Gasteiger charge is -2.25. The fourth-order valence-electron chi connectivity index (χ4n) is 2.26. The van der Waals surface area contributed by atoms with Crippen molar-refractivity contribution < 1.29 is 13.2 Å². The van der Waals surface area contributed by atoms with E-state index in [1.807, 2.05) is 44.2 Å². The minimum absolute atomic E-state index is 0.0746. The topological polar surface area (TPSA) is 66.5 Å². The van der Waals surface area contributed by atoms with Gasteiger partial charge in [0, 0.05) is 13.1 Å². The monoisotopic (exact) mass is 346 g/mol. The summed E-state index contributed by atoms with van der Waals surface area (Å²) in [5.41, 5.74) is 2.04. The second-order valence-corrected chi connectivity index (χ2v) is 7.56. The predicted molar refractivity (Wildman–Crippen MR) is 94.3 cm³/mol. The Morgan fingerprint density at radius 3 is 2.25 bits per heavy atom. The Bertz CT molecular complexity index is 787. The molecule has 0 radical (unpaired) electrons. The van der Waals surface area contributed by atoms with Gasteiger partial charge in [-0.3, -0.25) is 0 Å². The summed E-state index contributed by atoms with van der Waals surface area (Å²) < 4.78 is 26.7. The highest BCUT2D eigenvalue weighted by atomic mass is 32.2. The van der Waals surface area contributed by atoms with Gasteiger partial charge in [-0.05, 0) is 38.0 Å². The number of nitrogens with zero attached hydrogens (tertiary/aromatic N) is 1. The van der Waals surface area contributed by atoms with Crippen molar-refractivity contribution in [2.24, 2.45) is 0 Å². The molecule has 0 bridgehead atoms. The number of hydrogen-bond donors (Lipinski definition) is 1. The van der Waals surface area contributed by atoms with Crippen LogP contribution in [-0.4, -0.2) is 32.4 Å². The van der Waals surface area contributed by atoms with Gasteiger partial charge in [-0.15, -0.1) is 0 Å². The molecule has 0 aliphatic carbocycles. The molecule has 0 aromatic heterocycles. The molecule has 2 aromatic carbocycles. The molecule has 24 heavy (non-hydrogen) atoms. The standard InChI is InChI=1S/C18H22N2O3S/c1-14-9-11-17(12-10-14)24(22,23)19-18(21)20(3)15(2)13-16-7-5-4-6-8-16/h4-12,15H,13H2,1-3H3,(H,19,21). The van der Waals surface area contributed by atoms with Crippen molar-refractivity contribution >= 4 is 16.1 Å². The van der Waals surface area contributed by atoms with Gasteiger partial charge in [-0.25, -0.2) is 17.9 Å². The van der Waals surface area contributed by atoms with E-state index in [1.165, 1.54) is 17.0 Å². The zero-order valence-corrected chi connectivity index (χ0v) is 14.9. The molecule has 128 valence electrons. The van der Waals surface area contributed by atoms with Crippen molar-refractivity contribution in [1.29, 1.82) is 0 Å². The van der Waals surface area contributed by atoms with Gasteiger partial charge in [0.2, 0.25) is 0 Å². The van der Waals surface area contributed by atoms with E-state index in [4.69, 9.17) is 0 Å². The Hall–Kier alpha value is -2.34. The summed E-state index contributed by atoms with van der Waals surface area (Å²) >= 11 is 0. The lowest BCUT2D eigenvalue weighted by Crippen LogP contribution is -2.45. The first kappa shape index (κ1) is 18.0. The Morgan fingerprint density at radius 1 is 1.08 bits per heavy atom. The van der Waals surface area contributed by atoms with Crippen molar-refractivity contribution in [2.75, 3.05) is 7.05 Å². The molecule has 2 amide bonds. The molecule has 0 saturated heterocycles. The summed E-state index contributed by atoms with van der Waals surface area (Å²) in [6.07, 6.45) is 0.648. The largest absolute Gasteiger partial charge is 0.331 e. The summed E-state index contributed by atoms with van der Waals surface area (Å²) in [6, 6.07) is 15.3. The van der Waals surface area contributed by atoms with Crippen molar-refractivity contribution in [3.8, 4) is 0 Å². The first-order valence-electron chi connectivity index (χ1n) is 7.70. The number of carbonyl (C=O) groups is 1. The summed E-state index contributed by atoms with van der Waals surface area (Å²) in [5.74, 6) is 0. The van der Waals surface area contributed by atoms with Crippen LogP contribution in [0.4, 0.5) is 4.79 Å². The van der Waals surface area contributed by atoms with Crippen molar-refractivity contribution in [3.63, 3.8) is 0 Å². The molecule has 0 saturated carbocycles. The van der Waals surface area contributed by atoms with Crippen LogP contribution in [0.1, 0.15) is 18.1 Å². The fraction of sp³-hybridized carbons (Fsp3) is 0.278. The number of hydrogen-bond acceptors (Lipinski definition) is 3. The molecular formula is C18H22N2O3S. The van der Waals surface area contributed by atoms with Crippen LogP contribution in [0.15, 0.2) is 59.5 Å². The van der Waals surface area contributed by atoms with E-state index >= 15 is 0 Å². The molecule has 1 N–H and O–H groups in total. The third-order valence-corrected chi connectivity index (χ3v) is 5.24. The number of aryl methyl sites for hydroxylation is 1. The Labute approximate surface area is 143 Å². The van der Waals surface area contributed by atoms with E-state index in [0.717, 1.165) is 11.1 Å². The van der Waals surface area contributed by atoms with Gasteiger partial charge >= 0.3 is 6.03 Å². The van der Waals surface area contributed by atoms with Gasteiger partial charge in [-0.2, -0.15) is 0 Å². The molecular weight excluding hydrogens is 324 g/mol. The van der Waals surface area contributed by atoms with Gasteiger partial charge < -0.3 is 4.90 Å². The maximum atomic E-state index is 12.3. The fourth-order valence-corrected chi connectivity index (χ4v) is 3.24. The normalized spacial score (nSPS) is 12.5. The molecule has 0 heterocycles. The average Bonchev–Trinajstić information content (AvgIpc) is 2.55. The van der Waals surface area contributed by atoms with Crippen molar-refractivity contribution in [1.82, 2.24) is 9.62 Å². The van der Waals surface area contributed by atoms with E-state index in [1.54, 1.807) is 19.2 Å². The number of amides is 2. The lowest BCUT2D eigenvalue weighted by molar-refractivity contribution is 0.199. The van der Waals surface area contributed by atoms with Crippen LogP contribution in [0.3, 0.4) is 0 Å². The second-order valence-electron chi connectivity index (χ2n) is 5.87. The number of rotatable bonds is 5. The summed E-state index contributed by atoms with van der Waals surface area (Å²) in [7, 11) is -2.28. The van der Waals surface area contributed by atoms with Crippen LogP contribution >= 0.6 is 0 Å². The van der Waals surface area contributed by atoms with Gasteiger partial charge in [0.25, 0.3) is 10.0 Å². The first-order chi connectivity index (χ1) is 11.3. The molecule has 1 atom stereocenters. The van der Waals surface area contributed by atoms with E-state index in [9.17, 15) is 13.2 Å². The molecule has 5 nitrogen and oxygen atoms in total. The minimum atomic E-state index is -3.87. The molecule has 0 fully saturated rings. The minimum Gasteiger partial charge on any atom is -0.324 e. The van der Waals surface area contributed by atoms with Crippen LogP contribution in [0.5, 0.6) is 0 Å². The molecule has 6 heteroatoms. The van der Waals surface area contributed by atoms with E-state index < -0.39 is 16.1 Å². The van der Waals surface area contributed by atoms with Crippen LogP contribution < -0.4 is 4.72 Å². The zero-order valence-electron chi connectivity index (χ0n) is 14.1. The maximum absolute atomic E-state index is 12.3. The van der Waals surface area contributed by atoms with Crippen LogP contribution in [0.2, 0.25) is 0 Å². The predicted octanol–water partition coefficient (Wildman–Crippen LogP) is 2.96. The quantitative estimate of drug-likeness (QED) is 0.905. The highest BCUT2D eigenvalue weighted by Crippen LogP contribution is 2.12. The SMILES string of the molecule is Cc1ccc(S(=O)(=O)NC(=O)N(C)C(C)Cc2ccccc2)cc1. The molecule has 0 aliphatic heterocycles. The number of sulfonamides is 1. The molecule has 1 unspecified atom stereocenters. The first-order valence-corrected chi connectivity index (χ1v) is 9.18. The Kier molecular flexibility index (Phi) is 5.62. The third kappa shape index (κ3) is 4.58.